The van der Waals surface area contributed by atoms with Gasteiger partial charge in [-0.05, 0) is 62.9 Å². The minimum atomic E-state index is -0.347. The van der Waals surface area contributed by atoms with Crippen molar-refractivity contribution in [1.29, 1.82) is 0 Å². The highest BCUT2D eigenvalue weighted by Gasteiger charge is 2.11. The fraction of sp³-hybridized carbons (Fsp3) is 0.364. The molecule has 0 heterocycles. The van der Waals surface area contributed by atoms with E-state index in [4.69, 9.17) is 4.74 Å². The summed E-state index contributed by atoms with van der Waals surface area (Å²) in [6, 6.07) is 15.0. The van der Waals surface area contributed by atoms with Gasteiger partial charge >= 0.3 is 0 Å². The van der Waals surface area contributed by atoms with Gasteiger partial charge in [-0.3, -0.25) is 25.3 Å². The number of hydrogen-bond donors (Lipinski definition) is 2. The molecule has 156 valence electrons. The number of anilines is 1. The van der Waals surface area contributed by atoms with Gasteiger partial charge in [0, 0.05) is 30.9 Å². The molecule has 0 fully saturated rings. The number of carbonyl (C=O) groups is 2. The Morgan fingerprint density at radius 2 is 1.69 bits per heavy atom. The third-order valence-corrected chi connectivity index (χ3v) is 4.57. The van der Waals surface area contributed by atoms with Crippen molar-refractivity contribution in [3.05, 3.63) is 59.7 Å². The lowest BCUT2D eigenvalue weighted by Crippen LogP contribution is -2.45. The number of amides is 2. The van der Waals surface area contributed by atoms with Crippen LogP contribution in [0.25, 0.3) is 0 Å². The van der Waals surface area contributed by atoms with Gasteiger partial charge in [-0.1, -0.05) is 12.1 Å². The van der Waals surface area contributed by atoms with Crippen molar-refractivity contribution in [3.8, 4) is 5.75 Å². The molecule has 2 amide bonds. The van der Waals surface area contributed by atoms with Crippen LogP contribution in [0.1, 0.15) is 29.8 Å². The molecule has 0 spiro atoms. The van der Waals surface area contributed by atoms with Crippen LogP contribution >= 0.6 is 0 Å². The Kier molecular flexibility index (Phi) is 8.48. The van der Waals surface area contributed by atoms with Gasteiger partial charge in [0.1, 0.15) is 5.75 Å². The molecule has 0 saturated heterocycles. The number of methoxy groups -OCH3 is 1. The number of carbonyl (C=O) groups excluding carboxylic acids is 2. The van der Waals surface area contributed by atoms with Crippen LogP contribution in [0.5, 0.6) is 5.75 Å². The number of hydrogen-bond acceptors (Lipinski definition) is 5. The molecular formula is C22H30N4O3. The van der Waals surface area contributed by atoms with Crippen molar-refractivity contribution in [2.45, 2.75) is 20.4 Å². The van der Waals surface area contributed by atoms with Crippen molar-refractivity contribution in [2.75, 3.05) is 38.7 Å². The average Bonchev–Trinajstić information content (AvgIpc) is 2.73. The monoisotopic (exact) mass is 398 g/mol. The van der Waals surface area contributed by atoms with Crippen LogP contribution < -0.4 is 20.5 Å². The standard InChI is InChI=1S/C22H30N4O3/c1-5-26(6-2)19-12-10-18(11-13-19)22(28)24-23-21(27)16-25(3)15-17-8-7-9-20(14-17)29-4/h7-14H,5-6,15-16H2,1-4H3,(H,23,27)(H,24,28). The zero-order valence-corrected chi connectivity index (χ0v) is 17.6. The number of hydrazine groups is 1. The largest absolute Gasteiger partial charge is 0.497 e. The van der Waals surface area contributed by atoms with Gasteiger partial charge < -0.3 is 9.64 Å². The number of nitrogens with zero attached hydrogens (tertiary/aromatic N) is 2. The van der Waals surface area contributed by atoms with E-state index in [1.165, 1.54) is 0 Å². The molecule has 0 aliphatic rings. The maximum Gasteiger partial charge on any atom is 0.269 e. The summed E-state index contributed by atoms with van der Waals surface area (Å²) in [4.78, 5) is 28.4. The Bertz CT molecular complexity index is 804. The van der Waals surface area contributed by atoms with Crippen LogP contribution in [-0.4, -0.2) is 50.5 Å². The zero-order valence-electron chi connectivity index (χ0n) is 17.6. The summed E-state index contributed by atoms with van der Waals surface area (Å²) in [5, 5.41) is 0. The maximum absolute atomic E-state index is 12.2. The lowest BCUT2D eigenvalue weighted by atomic mass is 10.2. The van der Waals surface area contributed by atoms with E-state index in [2.05, 4.69) is 29.6 Å². The minimum Gasteiger partial charge on any atom is -0.497 e. The van der Waals surface area contributed by atoms with Crippen LogP contribution in [0.3, 0.4) is 0 Å². The van der Waals surface area contributed by atoms with E-state index in [0.29, 0.717) is 12.1 Å². The Morgan fingerprint density at radius 3 is 2.31 bits per heavy atom. The van der Waals surface area contributed by atoms with Gasteiger partial charge in [0.05, 0.1) is 13.7 Å². The van der Waals surface area contributed by atoms with E-state index in [9.17, 15) is 9.59 Å². The van der Waals surface area contributed by atoms with Gasteiger partial charge in [-0.25, -0.2) is 0 Å². The molecule has 2 N–H and O–H groups in total. The Morgan fingerprint density at radius 1 is 1.00 bits per heavy atom. The van der Waals surface area contributed by atoms with E-state index in [1.807, 2.05) is 48.3 Å². The average molecular weight is 399 g/mol. The quantitative estimate of drug-likeness (QED) is 0.635. The number of rotatable bonds is 9. The van der Waals surface area contributed by atoms with Crippen molar-refractivity contribution >= 4 is 17.5 Å². The number of likely N-dealkylation sites (N-methyl/N-ethyl adjacent to an activating group) is 1. The summed E-state index contributed by atoms with van der Waals surface area (Å²) in [5.74, 6) is 0.142. The number of benzene rings is 2. The molecule has 29 heavy (non-hydrogen) atoms. The smallest absolute Gasteiger partial charge is 0.269 e. The molecule has 2 aromatic carbocycles. The third kappa shape index (κ3) is 6.80. The summed E-state index contributed by atoms with van der Waals surface area (Å²) in [6.07, 6.45) is 0. The first-order valence-electron chi connectivity index (χ1n) is 9.72. The molecule has 0 aliphatic heterocycles. The Hall–Kier alpha value is -3.06. The minimum absolute atomic E-state index is 0.151. The highest BCUT2D eigenvalue weighted by Crippen LogP contribution is 2.15. The summed E-state index contributed by atoms with van der Waals surface area (Å²) in [6.45, 7) is 6.72. The SMILES string of the molecule is CCN(CC)c1ccc(C(=O)NNC(=O)CN(C)Cc2cccc(OC)c2)cc1. The highest BCUT2D eigenvalue weighted by molar-refractivity contribution is 5.95. The first kappa shape index (κ1) is 22.2. The van der Waals surface area contributed by atoms with E-state index >= 15 is 0 Å². The van der Waals surface area contributed by atoms with E-state index in [1.54, 1.807) is 19.2 Å². The second kappa shape index (κ2) is 11.1. The molecule has 0 unspecified atom stereocenters. The Labute approximate surface area is 172 Å². The molecule has 2 aromatic rings. The van der Waals surface area contributed by atoms with Crippen LogP contribution in [0.15, 0.2) is 48.5 Å². The molecule has 0 saturated carbocycles. The van der Waals surface area contributed by atoms with Crippen LogP contribution in [-0.2, 0) is 11.3 Å². The number of nitrogens with one attached hydrogen (secondary N) is 2. The van der Waals surface area contributed by atoms with Crippen LogP contribution in [0.4, 0.5) is 5.69 Å². The predicted octanol–water partition coefficient (Wildman–Crippen LogP) is 2.43. The van der Waals surface area contributed by atoms with E-state index < -0.39 is 0 Å². The molecule has 0 aliphatic carbocycles. The second-order valence-electron chi connectivity index (χ2n) is 6.75. The predicted molar refractivity (Wildman–Crippen MR) is 115 cm³/mol. The van der Waals surface area contributed by atoms with Crippen molar-refractivity contribution < 1.29 is 14.3 Å². The summed E-state index contributed by atoms with van der Waals surface area (Å²) < 4.78 is 5.21. The van der Waals surface area contributed by atoms with Crippen LogP contribution in [0.2, 0.25) is 0 Å². The van der Waals surface area contributed by atoms with Gasteiger partial charge in [0.25, 0.3) is 11.8 Å². The molecule has 0 aromatic heterocycles. The molecular weight excluding hydrogens is 368 g/mol. The number of ether oxygens (including phenoxy) is 1. The van der Waals surface area contributed by atoms with Crippen molar-refractivity contribution in [3.63, 3.8) is 0 Å². The van der Waals surface area contributed by atoms with Crippen molar-refractivity contribution in [1.82, 2.24) is 15.8 Å². The van der Waals surface area contributed by atoms with Gasteiger partial charge in [-0.2, -0.15) is 0 Å². The lowest BCUT2D eigenvalue weighted by Gasteiger charge is -2.21. The molecule has 2 rings (SSSR count). The molecule has 7 nitrogen and oxygen atoms in total. The first-order chi connectivity index (χ1) is 14.0. The topological polar surface area (TPSA) is 73.9 Å². The summed E-state index contributed by atoms with van der Waals surface area (Å²) >= 11 is 0. The fourth-order valence-electron chi connectivity index (χ4n) is 3.03. The summed E-state index contributed by atoms with van der Waals surface area (Å²) in [7, 11) is 3.46. The van der Waals surface area contributed by atoms with Gasteiger partial charge in [-0.15, -0.1) is 0 Å². The lowest BCUT2D eigenvalue weighted by molar-refractivity contribution is -0.122. The van der Waals surface area contributed by atoms with Crippen molar-refractivity contribution in [2.24, 2.45) is 0 Å². The normalized spacial score (nSPS) is 10.5. The molecule has 0 radical (unpaired) electrons. The van der Waals surface area contributed by atoms with Gasteiger partial charge in [0.15, 0.2) is 0 Å². The van der Waals surface area contributed by atoms with E-state index in [0.717, 1.165) is 30.1 Å². The molecule has 0 bridgehead atoms. The Balaban J connectivity index is 1.81. The van der Waals surface area contributed by atoms with Gasteiger partial charge in [0.2, 0.25) is 0 Å². The molecule has 0 atom stereocenters. The van der Waals surface area contributed by atoms with E-state index in [-0.39, 0.29) is 18.4 Å². The van der Waals surface area contributed by atoms with Crippen LogP contribution in [0, 0.1) is 0 Å². The summed E-state index contributed by atoms with van der Waals surface area (Å²) in [5.41, 5.74) is 7.52. The second-order valence-corrected chi connectivity index (χ2v) is 6.75. The maximum atomic E-state index is 12.2. The molecule has 7 heteroatoms. The fourth-order valence-corrected chi connectivity index (χ4v) is 3.03. The zero-order chi connectivity index (χ0) is 21.2. The third-order valence-electron chi connectivity index (χ3n) is 4.57. The first-order valence-corrected chi connectivity index (χ1v) is 9.72. The highest BCUT2D eigenvalue weighted by atomic mass is 16.5.